The number of ketones is 2. The average Bonchev–Trinajstić information content (AvgIpc) is 2.99. The van der Waals surface area contributed by atoms with Crippen molar-refractivity contribution in [2.75, 3.05) is 11.9 Å². The van der Waals surface area contributed by atoms with E-state index < -0.39 is 111 Å². The van der Waals surface area contributed by atoms with E-state index in [1.54, 1.807) is 45.0 Å². The smallest absolute Gasteiger partial charge is 0.276 e. The molecular formula is C35H44F2N2O8. The SMILES string of the molecule is CC(C)[C@H]1C(O)[C@@H](C(N)=O)C(=O)[C@]2(O)C(O)[C@H]3C(=O)c4c(ccc(C(F)(F)CCCNc5ccccc5)c4O)[C@@H](C)[C@]3(C)[C@@H](O)[C@]12C. The third kappa shape index (κ3) is 4.66. The molecule has 3 aliphatic rings. The number of phenolic OH excluding ortho intramolecular Hbond substituents is 1. The molecule has 2 fully saturated rings. The first-order chi connectivity index (χ1) is 21.8. The van der Waals surface area contributed by atoms with Crippen molar-refractivity contribution in [3.63, 3.8) is 0 Å². The number of benzene rings is 2. The second-order valence-electron chi connectivity index (χ2n) is 14.4. The summed E-state index contributed by atoms with van der Waals surface area (Å²) in [6.07, 6.45) is -6.37. The molecule has 0 radical (unpaired) electrons. The summed E-state index contributed by atoms with van der Waals surface area (Å²) in [7, 11) is 0. The number of nitrogens with one attached hydrogen (secondary N) is 1. The Balaban J connectivity index is 1.58. The number of rotatable bonds is 8. The molecule has 0 aromatic heterocycles. The fraction of sp³-hybridized carbons (Fsp3) is 0.571. The van der Waals surface area contributed by atoms with Crippen LogP contribution in [0.1, 0.15) is 74.9 Å². The van der Waals surface area contributed by atoms with Gasteiger partial charge in [0.2, 0.25) is 5.91 Å². The number of fused-ring (bicyclic) bond motifs is 3. The number of primary amides is 1. The molecule has 5 rings (SSSR count). The quantitative estimate of drug-likeness (QED) is 0.165. The lowest BCUT2D eigenvalue weighted by Crippen LogP contribution is -2.83. The van der Waals surface area contributed by atoms with Crippen molar-refractivity contribution in [2.45, 2.75) is 83.2 Å². The number of halogens is 2. The van der Waals surface area contributed by atoms with E-state index in [0.29, 0.717) is 0 Å². The van der Waals surface area contributed by atoms with E-state index >= 15 is 8.78 Å². The van der Waals surface area contributed by atoms with Crippen LogP contribution in [-0.2, 0) is 15.5 Å². The molecule has 2 aromatic carbocycles. The number of nitrogens with two attached hydrogens (primary N) is 1. The summed E-state index contributed by atoms with van der Waals surface area (Å²) in [6, 6.07) is 11.4. The molecule has 0 saturated heterocycles. The first kappa shape index (κ1) is 34.9. The lowest BCUT2D eigenvalue weighted by molar-refractivity contribution is -0.306. The molecule has 0 spiro atoms. The zero-order valence-corrected chi connectivity index (χ0v) is 27.1. The number of hydrogen-bond donors (Lipinski definition) is 7. The number of aliphatic hydroxyl groups excluding tert-OH is 3. The zero-order chi connectivity index (χ0) is 35.0. The van der Waals surface area contributed by atoms with Crippen LogP contribution in [0.15, 0.2) is 42.5 Å². The van der Waals surface area contributed by atoms with Crippen LogP contribution < -0.4 is 11.1 Å². The van der Waals surface area contributed by atoms with E-state index in [-0.39, 0.29) is 18.5 Å². The van der Waals surface area contributed by atoms with E-state index in [9.17, 15) is 39.9 Å². The summed E-state index contributed by atoms with van der Waals surface area (Å²) in [5.41, 5.74) is -1.48. The predicted molar refractivity (Wildman–Crippen MR) is 168 cm³/mol. The number of alkyl halides is 2. The second kappa shape index (κ2) is 11.6. The van der Waals surface area contributed by atoms with Crippen molar-refractivity contribution in [3.8, 4) is 5.75 Å². The molecule has 8 N–H and O–H groups in total. The number of hydrogen-bond acceptors (Lipinski definition) is 9. The molecule has 1 amide bonds. The molecule has 10 nitrogen and oxygen atoms in total. The van der Waals surface area contributed by atoms with Crippen molar-refractivity contribution >= 4 is 23.2 Å². The van der Waals surface area contributed by atoms with E-state index in [4.69, 9.17) is 5.73 Å². The lowest BCUT2D eigenvalue weighted by Gasteiger charge is -2.69. The van der Waals surface area contributed by atoms with Gasteiger partial charge >= 0.3 is 0 Å². The van der Waals surface area contributed by atoms with Gasteiger partial charge in [0.1, 0.15) is 17.8 Å². The number of para-hydroxylation sites is 1. The van der Waals surface area contributed by atoms with Gasteiger partial charge in [0.15, 0.2) is 17.2 Å². The third-order valence-electron chi connectivity index (χ3n) is 11.8. The summed E-state index contributed by atoms with van der Waals surface area (Å²) in [5, 5.41) is 62.1. The summed E-state index contributed by atoms with van der Waals surface area (Å²) >= 11 is 0. The van der Waals surface area contributed by atoms with Crippen molar-refractivity contribution in [1.82, 2.24) is 0 Å². The number of anilines is 1. The minimum atomic E-state index is -3.56. The summed E-state index contributed by atoms with van der Waals surface area (Å²) in [6.45, 7) is 7.97. The molecule has 47 heavy (non-hydrogen) atoms. The lowest BCUT2D eigenvalue weighted by atomic mass is 9.36. The molecule has 2 aromatic rings. The Morgan fingerprint density at radius 1 is 1.06 bits per heavy atom. The van der Waals surface area contributed by atoms with Gasteiger partial charge in [-0.3, -0.25) is 14.4 Å². The second-order valence-corrected chi connectivity index (χ2v) is 14.4. The van der Waals surface area contributed by atoms with Crippen LogP contribution in [0.4, 0.5) is 14.5 Å². The molecule has 0 heterocycles. The van der Waals surface area contributed by atoms with Crippen LogP contribution in [0.2, 0.25) is 0 Å². The Morgan fingerprint density at radius 2 is 1.68 bits per heavy atom. The summed E-state index contributed by atoms with van der Waals surface area (Å²) < 4.78 is 31.2. The van der Waals surface area contributed by atoms with Gasteiger partial charge in [-0.15, -0.1) is 0 Å². The highest BCUT2D eigenvalue weighted by atomic mass is 19.3. The minimum absolute atomic E-state index is 0.0198. The van der Waals surface area contributed by atoms with Crippen molar-refractivity contribution in [1.29, 1.82) is 0 Å². The molecular weight excluding hydrogens is 614 g/mol. The molecule has 2 saturated carbocycles. The molecule has 12 heteroatoms. The Kier molecular flexibility index (Phi) is 8.61. The number of aromatic hydroxyl groups is 1. The Labute approximate surface area is 272 Å². The standard InChI is InChI=1S/C35H44F2N2O8/c1-16(2)23-27(42)22(30(38)45)28(43)35(47)29(44)24-26(41)21-19(17(3)32(24,4)31(46)33(23,35)5)12-13-20(25(21)40)34(36,37)14-9-15-39-18-10-7-6-8-11-18/h6-8,10-13,16-17,22-24,27,29,31,39-40,42,44,46-47H,9,14-15H2,1-5H3,(H2,38,45)/t17-,22-,23+,24-,27?,29?,31-,32+,33+,35+/m1/s1. The molecule has 10 atom stereocenters. The van der Waals surface area contributed by atoms with Gasteiger partial charge in [-0.25, -0.2) is 8.78 Å². The Morgan fingerprint density at radius 3 is 2.26 bits per heavy atom. The first-order valence-corrected chi connectivity index (χ1v) is 16.0. The maximum Gasteiger partial charge on any atom is 0.276 e. The number of Topliss-reactive ketones (excluding diaryl/α,β-unsaturated/α-hetero) is 2. The highest BCUT2D eigenvalue weighted by molar-refractivity contribution is 6.09. The van der Waals surface area contributed by atoms with Gasteiger partial charge in [0, 0.05) is 29.5 Å². The van der Waals surface area contributed by atoms with E-state index in [0.717, 1.165) is 11.8 Å². The highest BCUT2D eigenvalue weighted by Crippen LogP contribution is 2.68. The molecule has 2 unspecified atom stereocenters. The number of amides is 1. The third-order valence-corrected chi connectivity index (χ3v) is 11.8. The Bertz CT molecular complexity index is 1590. The van der Waals surface area contributed by atoms with E-state index in [2.05, 4.69) is 5.32 Å². The van der Waals surface area contributed by atoms with Crippen molar-refractivity contribution in [2.24, 2.45) is 40.2 Å². The number of carbonyl (C=O) groups is 3. The van der Waals surface area contributed by atoms with Gasteiger partial charge in [-0.05, 0) is 47.9 Å². The predicted octanol–water partition coefficient (Wildman–Crippen LogP) is 3.09. The molecule has 3 aliphatic carbocycles. The molecule has 0 aliphatic heterocycles. The van der Waals surface area contributed by atoms with Gasteiger partial charge in [-0.2, -0.15) is 0 Å². The summed E-state index contributed by atoms with van der Waals surface area (Å²) in [4.78, 5) is 40.7. The molecule has 256 valence electrons. The highest BCUT2D eigenvalue weighted by Gasteiger charge is 2.80. The fourth-order valence-electron chi connectivity index (χ4n) is 9.29. The van der Waals surface area contributed by atoms with Crippen LogP contribution >= 0.6 is 0 Å². The van der Waals surface area contributed by atoms with Crippen LogP contribution in [0.5, 0.6) is 5.75 Å². The number of aliphatic hydroxyl groups is 4. The van der Waals surface area contributed by atoms with Crippen LogP contribution in [0.3, 0.4) is 0 Å². The van der Waals surface area contributed by atoms with Gasteiger partial charge in [0.05, 0.1) is 29.3 Å². The Hall–Kier alpha value is -3.45. The first-order valence-electron chi connectivity index (χ1n) is 16.0. The van der Waals surface area contributed by atoms with Gasteiger partial charge in [-0.1, -0.05) is 58.9 Å². The van der Waals surface area contributed by atoms with Crippen molar-refractivity contribution in [3.05, 3.63) is 59.2 Å². The largest absolute Gasteiger partial charge is 0.507 e. The van der Waals surface area contributed by atoms with E-state index in [1.807, 2.05) is 6.07 Å². The fourth-order valence-corrected chi connectivity index (χ4v) is 9.29. The van der Waals surface area contributed by atoms with E-state index in [1.165, 1.54) is 19.9 Å². The average molecular weight is 659 g/mol. The topological polar surface area (TPSA) is 190 Å². The maximum atomic E-state index is 15.6. The van der Waals surface area contributed by atoms with Gasteiger partial charge < -0.3 is 36.6 Å². The van der Waals surface area contributed by atoms with Crippen LogP contribution in [0, 0.1) is 34.5 Å². The monoisotopic (exact) mass is 658 g/mol. The zero-order valence-electron chi connectivity index (χ0n) is 27.1. The van der Waals surface area contributed by atoms with Crippen LogP contribution in [0.25, 0.3) is 0 Å². The normalized spacial score (nSPS) is 36.8. The van der Waals surface area contributed by atoms with Crippen molar-refractivity contribution < 1.29 is 48.7 Å². The van der Waals surface area contributed by atoms with Crippen LogP contribution in [-0.4, -0.2) is 73.5 Å². The minimum Gasteiger partial charge on any atom is -0.507 e. The van der Waals surface area contributed by atoms with Gasteiger partial charge in [0.25, 0.3) is 5.92 Å². The summed E-state index contributed by atoms with van der Waals surface area (Å²) in [5.74, 6) is -14.5. The number of carbonyl (C=O) groups excluding carboxylic acids is 3. The number of phenols is 1. The maximum absolute atomic E-state index is 15.6. The molecule has 0 bridgehead atoms.